The minimum Gasteiger partial charge on any atom is -0.396 e. The Hall–Kier alpha value is -1.92. The maximum absolute atomic E-state index is 11.6. The van der Waals surface area contributed by atoms with Gasteiger partial charge in [0.2, 0.25) is 0 Å². The Morgan fingerprint density at radius 1 is 1.44 bits per heavy atom. The molecule has 0 aliphatic carbocycles. The molecular weight excluding hydrogens is 202 g/mol. The van der Waals surface area contributed by atoms with Gasteiger partial charge in [-0.1, -0.05) is 36.4 Å². The van der Waals surface area contributed by atoms with Crippen molar-refractivity contribution in [2.75, 3.05) is 6.61 Å². The van der Waals surface area contributed by atoms with Gasteiger partial charge in [0.1, 0.15) is 0 Å². The summed E-state index contributed by atoms with van der Waals surface area (Å²) < 4.78 is 0. The normalized spacial score (nSPS) is 10.2. The Morgan fingerprint density at radius 3 is 2.88 bits per heavy atom. The summed E-state index contributed by atoms with van der Waals surface area (Å²) in [6.45, 7) is 0.0881. The van der Waals surface area contributed by atoms with Crippen molar-refractivity contribution in [1.29, 1.82) is 5.26 Å². The third-order valence-electron chi connectivity index (χ3n) is 2.09. The molecule has 0 aliphatic heterocycles. The zero-order chi connectivity index (χ0) is 11.8. The van der Waals surface area contributed by atoms with Crippen molar-refractivity contribution in [2.24, 2.45) is 0 Å². The monoisotopic (exact) mass is 215 g/mol. The van der Waals surface area contributed by atoms with E-state index in [1.54, 1.807) is 24.3 Å². The van der Waals surface area contributed by atoms with E-state index < -0.39 is 0 Å². The van der Waals surface area contributed by atoms with Crippen molar-refractivity contribution in [2.45, 2.75) is 12.8 Å². The topological polar surface area (TPSA) is 61.1 Å². The largest absolute Gasteiger partial charge is 0.396 e. The first kappa shape index (κ1) is 12.2. The Labute approximate surface area is 94.6 Å². The van der Waals surface area contributed by atoms with Crippen LogP contribution in [0.1, 0.15) is 28.8 Å². The van der Waals surface area contributed by atoms with Crippen LogP contribution in [0.3, 0.4) is 0 Å². The standard InChI is InChI=1S/C13H13NO2/c14-9-8-13(16)12-7-2-1-5-11(12)6-3-4-10-15/h1-3,5-7,15H,4,8,10H2. The Balaban J connectivity index is 2.92. The molecule has 0 atom stereocenters. The Kier molecular flexibility index (Phi) is 4.97. The van der Waals surface area contributed by atoms with Gasteiger partial charge >= 0.3 is 0 Å². The van der Waals surface area contributed by atoms with Gasteiger partial charge in [-0.2, -0.15) is 5.26 Å². The highest BCUT2D eigenvalue weighted by atomic mass is 16.2. The van der Waals surface area contributed by atoms with Crippen LogP contribution in [-0.4, -0.2) is 17.5 Å². The molecule has 0 radical (unpaired) electrons. The molecule has 0 aromatic heterocycles. The maximum Gasteiger partial charge on any atom is 0.177 e. The summed E-state index contributed by atoms with van der Waals surface area (Å²) in [4.78, 5) is 11.6. The number of carbonyl (C=O) groups is 1. The van der Waals surface area contributed by atoms with Crippen LogP contribution in [-0.2, 0) is 0 Å². The molecule has 1 rings (SSSR count). The molecule has 3 heteroatoms. The van der Waals surface area contributed by atoms with Crippen LogP contribution in [0.5, 0.6) is 0 Å². The third-order valence-corrected chi connectivity index (χ3v) is 2.09. The quantitative estimate of drug-likeness (QED) is 0.766. The highest BCUT2D eigenvalue weighted by Gasteiger charge is 2.07. The zero-order valence-electron chi connectivity index (χ0n) is 8.89. The average Bonchev–Trinajstić information content (AvgIpc) is 2.30. The number of nitrogens with zero attached hydrogens (tertiary/aromatic N) is 1. The fourth-order valence-corrected chi connectivity index (χ4v) is 1.35. The van der Waals surface area contributed by atoms with E-state index in [0.717, 1.165) is 5.56 Å². The lowest BCUT2D eigenvalue weighted by Crippen LogP contribution is -1.99. The molecule has 0 fully saturated rings. The maximum atomic E-state index is 11.6. The molecule has 0 heterocycles. The first-order chi connectivity index (χ1) is 7.79. The third kappa shape index (κ3) is 3.34. The van der Waals surface area contributed by atoms with E-state index in [1.807, 2.05) is 18.2 Å². The Bertz CT molecular complexity index is 430. The number of Topliss-reactive ketones (excluding diaryl/α,β-unsaturated/α-hetero) is 1. The molecule has 1 N–H and O–H groups in total. The van der Waals surface area contributed by atoms with Gasteiger partial charge < -0.3 is 5.11 Å². The van der Waals surface area contributed by atoms with Crippen LogP contribution in [0.25, 0.3) is 6.08 Å². The van der Waals surface area contributed by atoms with Crippen LogP contribution >= 0.6 is 0 Å². The number of rotatable bonds is 5. The summed E-state index contributed by atoms with van der Waals surface area (Å²) in [7, 11) is 0. The lowest BCUT2D eigenvalue weighted by molar-refractivity contribution is 0.0997. The lowest BCUT2D eigenvalue weighted by Gasteiger charge is -2.01. The van der Waals surface area contributed by atoms with Crippen molar-refractivity contribution in [3.8, 4) is 6.07 Å². The second kappa shape index (κ2) is 6.54. The average molecular weight is 215 g/mol. The predicted molar refractivity (Wildman–Crippen MR) is 61.7 cm³/mol. The summed E-state index contributed by atoms with van der Waals surface area (Å²) in [5, 5.41) is 17.1. The minimum atomic E-state index is -0.174. The molecule has 16 heavy (non-hydrogen) atoms. The molecule has 3 nitrogen and oxygen atoms in total. The first-order valence-electron chi connectivity index (χ1n) is 5.06. The van der Waals surface area contributed by atoms with E-state index >= 15 is 0 Å². The SMILES string of the molecule is N#CCC(=O)c1ccccc1C=CCCO. The number of aliphatic hydroxyl groups is 1. The molecule has 0 unspecified atom stereocenters. The van der Waals surface area contributed by atoms with Gasteiger partial charge in [0.05, 0.1) is 12.5 Å². The van der Waals surface area contributed by atoms with Gasteiger partial charge in [-0.05, 0) is 12.0 Å². The van der Waals surface area contributed by atoms with E-state index in [4.69, 9.17) is 10.4 Å². The second-order valence-electron chi connectivity index (χ2n) is 3.26. The molecule has 82 valence electrons. The summed E-state index contributed by atoms with van der Waals surface area (Å²) >= 11 is 0. The smallest absolute Gasteiger partial charge is 0.177 e. The van der Waals surface area contributed by atoms with Gasteiger partial charge in [-0.25, -0.2) is 0 Å². The number of nitriles is 1. The van der Waals surface area contributed by atoms with Crippen molar-refractivity contribution < 1.29 is 9.90 Å². The number of carbonyl (C=O) groups excluding carboxylic acids is 1. The molecule has 1 aromatic carbocycles. The number of hydrogen-bond acceptors (Lipinski definition) is 3. The molecule has 1 aromatic rings. The van der Waals surface area contributed by atoms with Gasteiger partial charge in [-0.3, -0.25) is 4.79 Å². The predicted octanol–water partition coefficient (Wildman–Crippen LogP) is 2.18. The molecule has 0 aliphatic rings. The Morgan fingerprint density at radius 2 is 2.19 bits per heavy atom. The fraction of sp³-hybridized carbons (Fsp3) is 0.231. The van der Waals surface area contributed by atoms with Crippen LogP contribution < -0.4 is 0 Å². The lowest BCUT2D eigenvalue weighted by atomic mass is 10.0. The highest BCUT2D eigenvalue weighted by molar-refractivity contribution is 6.00. The van der Waals surface area contributed by atoms with E-state index in [-0.39, 0.29) is 18.8 Å². The highest BCUT2D eigenvalue weighted by Crippen LogP contribution is 2.13. The second-order valence-corrected chi connectivity index (χ2v) is 3.26. The molecule has 0 spiro atoms. The van der Waals surface area contributed by atoms with Crippen LogP contribution in [0.2, 0.25) is 0 Å². The number of aliphatic hydroxyl groups excluding tert-OH is 1. The van der Waals surface area contributed by atoms with E-state index in [9.17, 15) is 4.79 Å². The summed E-state index contributed by atoms with van der Waals surface area (Å²) in [6, 6.07) is 8.98. The van der Waals surface area contributed by atoms with Crippen molar-refractivity contribution >= 4 is 11.9 Å². The number of hydrogen-bond donors (Lipinski definition) is 1. The first-order valence-corrected chi connectivity index (χ1v) is 5.06. The fourth-order valence-electron chi connectivity index (χ4n) is 1.35. The van der Waals surface area contributed by atoms with Crippen LogP contribution in [0, 0.1) is 11.3 Å². The van der Waals surface area contributed by atoms with Gasteiger partial charge in [-0.15, -0.1) is 0 Å². The molecule has 0 saturated carbocycles. The van der Waals surface area contributed by atoms with Crippen molar-refractivity contribution in [3.05, 3.63) is 41.5 Å². The number of ketones is 1. The van der Waals surface area contributed by atoms with Gasteiger partial charge in [0.25, 0.3) is 0 Å². The van der Waals surface area contributed by atoms with Crippen molar-refractivity contribution in [1.82, 2.24) is 0 Å². The molecular formula is C13H13NO2. The molecule has 0 amide bonds. The molecule has 0 bridgehead atoms. The van der Waals surface area contributed by atoms with Gasteiger partial charge in [0, 0.05) is 12.2 Å². The minimum absolute atomic E-state index is 0.0881. The van der Waals surface area contributed by atoms with Gasteiger partial charge in [0.15, 0.2) is 5.78 Å². The number of benzene rings is 1. The van der Waals surface area contributed by atoms with E-state index in [1.165, 1.54) is 0 Å². The summed E-state index contributed by atoms with van der Waals surface area (Å²) in [5.41, 5.74) is 1.34. The summed E-state index contributed by atoms with van der Waals surface area (Å²) in [5.74, 6) is -0.174. The molecule has 0 saturated heterocycles. The van der Waals surface area contributed by atoms with Crippen LogP contribution in [0.4, 0.5) is 0 Å². The van der Waals surface area contributed by atoms with E-state index in [0.29, 0.717) is 12.0 Å². The summed E-state index contributed by atoms with van der Waals surface area (Å²) in [6.07, 6.45) is 4.05. The van der Waals surface area contributed by atoms with Crippen molar-refractivity contribution in [3.63, 3.8) is 0 Å². The van der Waals surface area contributed by atoms with Crippen LogP contribution in [0.15, 0.2) is 30.3 Å². The van der Waals surface area contributed by atoms with E-state index in [2.05, 4.69) is 0 Å². The zero-order valence-corrected chi connectivity index (χ0v) is 8.89.